The van der Waals surface area contributed by atoms with E-state index >= 15 is 0 Å². The van der Waals surface area contributed by atoms with Gasteiger partial charge in [-0.3, -0.25) is 4.79 Å². The number of hydrogen-bond donors (Lipinski definition) is 2. The van der Waals surface area contributed by atoms with Crippen molar-refractivity contribution in [3.05, 3.63) is 35.6 Å². The minimum absolute atomic E-state index is 0. The smallest absolute Gasteiger partial charge is 0.222 e. The first kappa shape index (κ1) is 19.9. The van der Waals surface area contributed by atoms with Crippen LogP contribution in [-0.4, -0.2) is 25.5 Å². The molecule has 0 aliphatic heterocycles. The number of carbonyl (C=O) groups is 1. The van der Waals surface area contributed by atoms with Crippen LogP contribution < -0.4 is 10.6 Å². The highest BCUT2D eigenvalue weighted by Gasteiger charge is 2.13. The van der Waals surface area contributed by atoms with Crippen LogP contribution in [0.5, 0.6) is 0 Å². The number of amides is 1. The van der Waals surface area contributed by atoms with Crippen molar-refractivity contribution in [1.82, 2.24) is 10.6 Å². The van der Waals surface area contributed by atoms with Crippen molar-refractivity contribution >= 4 is 18.3 Å². The Hall–Kier alpha value is -1.13. The van der Waals surface area contributed by atoms with Crippen molar-refractivity contribution in [3.63, 3.8) is 0 Å². The number of rotatable bonds is 9. The van der Waals surface area contributed by atoms with Crippen LogP contribution in [0.2, 0.25) is 0 Å². The second-order valence-electron chi connectivity index (χ2n) is 5.07. The predicted octanol–water partition coefficient (Wildman–Crippen LogP) is 2.93. The monoisotopic (exact) mass is 316 g/mol. The van der Waals surface area contributed by atoms with Gasteiger partial charge >= 0.3 is 0 Å². The Kier molecular flexibility index (Phi) is 10.9. The summed E-state index contributed by atoms with van der Waals surface area (Å²) in [6, 6.07) is 6.73. The largest absolute Gasteiger partial charge is 0.355 e. The maximum Gasteiger partial charge on any atom is 0.222 e. The predicted molar refractivity (Wildman–Crippen MR) is 87.3 cm³/mol. The molecule has 1 atom stereocenters. The fourth-order valence-corrected chi connectivity index (χ4v) is 1.95. The minimum Gasteiger partial charge on any atom is -0.355 e. The molecule has 0 aliphatic carbocycles. The van der Waals surface area contributed by atoms with Crippen molar-refractivity contribution < 1.29 is 9.18 Å². The summed E-state index contributed by atoms with van der Waals surface area (Å²) in [5, 5.41) is 6.13. The number of carbonyl (C=O) groups excluding carboxylic acids is 1. The van der Waals surface area contributed by atoms with E-state index in [1.807, 2.05) is 13.0 Å². The van der Waals surface area contributed by atoms with Crippen LogP contribution in [0.25, 0.3) is 0 Å². The highest BCUT2D eigenvalue weighted by Crippen LogP contribution is 2.12. The van der Waals surface area contributed by atoms with Crippen LogP contribution in [0.3, 0.4) is 0 Å². The SMILES string of the molecule is CCCNCCNC(=O)C(C)CCc1ccccc1F.Cl. The van der Waals surface area contributed by atoms with Crippen LogP contribution in [0.4, 0.5) is 4.39 Å². The maximum atomic E-state index is 13.5. The summed E-state index contributed by atoms with van der Waals surface area (Å²) in [6.07, 6.45) is 2.34. The highest BCUT2D eigenvalue weighted by molar-refractivity contribution is 5.85. The molecule has 0 bridgehead atoms. The second kappa shape index (κ2) is 11.5. The van der Waals surface area contributed by atoms with Gasteiger partial charge in [-0.25, -0.2) is 4.39 Å². The molecular formula is C16H26ClFN2O. The van der Waals surface area contributed by atoms with Crippen LogP contribution in [-0.2, 0) is 11.2 Å². The Labute approximate surface area is 133 Å². The van der Waals surface area contributed by atoms with E-state index in [2.05, 4.69) is 17.6 Å². The molecule has 0 saturated carbocycles. The van der Waals surface area contributed by atoms with Gasteiger partial charge in [0.15, 0.2) is 0 Å². The van der Waals surface area contributed by atoms with Gasteiger partial charge in [0.2, 0.25) is 5.91 Å². The third-order valence-corrected chi connectivity index (χ3v) is 3.28. The zero-order valence-electron chi connectivity index (χ0n) is 12.8. The molecule has 1 aromatic carbocycles. The van der Waals surface area contributed by atoms with Gasteiger partial charge in [0.05, 0.1) is 0 Å². The highest BCUT2D eigenvalue weighted by atomic mass is 35.5. The zero-order chi connectivity index (χ0) is 14.8. The minimum atomic E-state index is -0.191. The van der Waals surface area contributed by atoms with Crippen molar-refractivity contribution in [2.75, 3.05) is 19.6 Å². The van der Waals surface area contributed by atoms with Crippen molar-refractivity contribution in [3.8, 4) is 0 Å². The summed E-state index contributed by atoms with van der Waals surface area (Å²) >= 11 is 0. The number of aryl methyl sites for hydroxylation is 1. The molecule has 0 fully saturated rings. The van der Waals surface area contributed by atoms with Crippen molar-refractivity contribution in [1.29, 1.82) is 0 Å². The van der Waals surface area contributed by atoms with Gasteiger partial charge in [-0.15, -0.1) is 12.4 Å². The fourth-order valence-electron chi connectivity index (χ4n) is 1.95. The number of nitrogens with one attached hydrogen (secondary N) is 2. The molecule has 0 aliphatic rings. The molecule has 0 aromatic heterocycles. The van der Waals surface area contributed by atoms with Crippen LogP contribution in [0, 0.1) is 11.7 Å². The third kappa shape index (κ3) is 8.02. The fraction of sp³-hybridized carbons (Fsp3) is 0.562. The lowest BCUT2D eigenvalue weighted by molar-refractivity contribution is -0.124. The van der Waals surface area contributed by atoms with Crippen molar-refractivity contribution in [2.24, 2.45) is 5.92 Å². The Morgan fingerprint density at radius 1 is 1.24 bits per heavy atom. The number of hydrogen-bond acceptors (Lipinski definition) is 2. The molecule has 1 aromatic rings. The number of benzene rings is 1. The standard InChI is InChI=1S/C16H25FN2O.ClH/c1-3-10-18-11-12-19-16(20)13(2)8-9-14-6-4-5-7-15(14)17;/h4-7,13,18H,3,8-12H2,1-2H3,(H,19,20);1H. The summed E-state index contributed by atoms with van der Waals surface area (Å²) in [4.78, 5) is 11.8. The molecule has 120 valence electrons. The van der Waals surface area contributed by atoms with Gasteiger partial charge in [-0.1, -0.05) is 32.0 Å². The van der Waals surface area contributed by atoms with Crippen LogP contribution in [0.15, 0.2) is 24.3 Å². The summed E-state index contributed by atoms with van der Waals surface area (Å²) in [6.45, 7) is 6.40. The average Bonchev–Trinajstić information content (AvgIpc) is 2.45. The third-order valence-electron chi connectivity index (χ3n) is 3.28. The topological polar surface area (TPSA) is 41.1 Å². The summed E-state index contributed by atoms with van der Waals surface area (Å²) in [7, 11) is 0. The summed E-state index contributed by atoms with van der Waals surface area (Å²) in [5.74, 6) is -0.246. The lowest BCUT2D eigenvalue weighted by Crippen LogP contribution is -2.35. The molecule has 1 amide bonds. The first-order valence-corrected chi connectivity index (χ1v) is 7.37. The molecule has 5 heteroatoms. The van der Waals surface area contributed by atoms with E-state index < -0.39 is 0 Å². The van der Waals surface area contributed by atoms with E-state index in [4.69, 9.17) is 0 Å². The van der Waals surface area contributed by atoms with Gasteiger partial charge in [-0.2, -0.15) is 0 Å². The maximum absolute atomic E-state index is 13.5. The summed E-state index contributed by atoms with van der Waals surface area (Å²) in [5.41, 5.74) is 0.678. The lowest BCUT2D eigenvalue weighted by Gasteiger charge is -2.12. The normalized spacial score (nSPS) is 11.6. The van der Waals surface area contributed by atoms with Gasteiger partial charge in [0.25, 0.3) is 0 Å². The van der Waals surface area contributed by atoms with E-state index in [0.29, 0.717) is 24.9 Å². The molecule has 0 heterocycles. The lowest BCUT2D eigenvalue weighted by atomic mass is 10.00. The first-order chi connectivity index (χ1) is 9.65. The molecule has 21 heavy (non-hydrogen) atoms. The van der Waals surface area contributed by atoms with Gasteiger partial charge < -0.3 is 10.6 Å². The second-order valence-corrected chi connectivity index (χ2v) is 5.07. The molecule has 1 unspecified atom stereocenters. The molecule has 1 rings (SSSR count). The molecule has 0 saturated heterocycles. The molecule has 0 spiro atoms. The van der Waals surface area contributed by atoms with Gasteiger partial charge in [0.1, 0.15) is 5.82 Å². The van der Waals surface area contributed by atoms with Crippen LogP contribution in [0.1, 0.15) is 32.3 Å². The summed E-state index contributed by atoms with van der Waals surface area (Å²) < 4.78 is 13.5. The van der Waals surface area contributed by atoms with Crippen molar-refractivity contribution in [2.45, 2.75) is 33.1 Å². The van der Waals surface area contributed by atoms with E-state index in [0.717, 1.165) is 19.5 Å². The van der Waals surface area contributed by atoms with E-state index in [-0.39, 0.29) is 30.0 Å². The molecule has 0 radical (unpaired) electrons. The van der Waals surface area contributed by atoms with E-state index in [1.165, 1.54) is 6.07 Å². The van der Waals surface area contributed by atoms with Crippen LogP contribution >= 0.6 is 12.4 Å². The van der Waals surface area contributed by atoms with E-state index in [1.54, 1.807) is 12.1 Å². The zero-order valence-corrected chi connectivity index (χ0v) is 13.6. The average molecular weight is 317 g/mol. The molecule has 2 N–H and O–H groups in total. The van der Waals surface area contributed by atoms with Gasteiger partial charge in [-0.05, 0) is 37.4 Å². The number of halogens is 2. The Morgan fingerprint density at radius 2 is 1.95 bits per heavy atom. The van der Waals surface area contributed by atoms with E-state index in [9.17, 15) is 9.18 Å². The molecular weight excluding hydrogens is 291 g/mol. The Morgan fingerprint density at radius 3 is 2.62 bits per heavy atom. The molecule has 3 nitrogen and oxygen atoms in total. The van der Waals surface area contributed by atoms with Gasteiger partial charge in [0, 0.05) is 19.0 Å². The first-order valence-electron chi connectivity index (χ1n) is 7.37. The Bertz CT molecular complexity index is 415. The Balaban J connectivity index is 0.00000400. The quantitative estimate of drug-likeness (QED) is 0.688.